The van der Waals surface area contributed by atoms with E-state index in [1.807, 2.05) is 0 Å². The predicted octanol–water partition coefficient (Wildman–Crippen LogP) is 0.901. The lowest BCUT2D eigenvalue weighted by molar-refractivity contribution is -0.123. The molecule has 0 aromatic heterocycles. The van der Waals surface area contributed by atoms with E-state index >= 15 is 0 Å². The molecule has 1 saturated heterocycles. The quantitative estimate of drug-likeness (QED) is 0.723. The fourth-order valence-electron chi connectivity index (χ4n) is 2.99. The summed E-state index contributed by atoms with van der Waals surface area (Å²) < 4.78 is 0. The number of nitrogens with one attached hydrogen (secondary N) is 2. The first-order valence-electron chi connectivity index (χ1n) is 6.22. The van der Waals surface area contributed by atoms with Crippen LogP contribution >= 0.6 is 0 Å². The molecule has 2 aliphatic carbocycles. The van der Waals surface area contributed by atoms with Crippen molar-refractivity contribution in [2.75, 3.05) is 13.1 Å². The Morgan fingerprint density at radius 2 is 2.33 bits per heavy atom. The standard InChI is InChI=1S/C12H20N2O/c1-8(9-2-3-9)14-11(15)10-6-12(10)4-5-13-7-12/h8-10,13H,2-7H2,1H3,(H,14,15). The van der Waals surface area contributed by atoms with Crippen molar-refractivity contribution in [1.82, 2.24) is 10.6 Å². The van der Waals surface area contributed by atoms with Crippen LogP contribution in [0.5, 0.6) is 0 Å². The van der Waals surface area contributed by atoms with Crippen LogP contribution in [0.15, 0.2) is 0 Å². The molecule has 3 heteroatoms. The molecule has 15 heavy (non-hydrogen) atoms. The van der Waals surface area contributed by atoms with Gasteiger partial charge < -0.3 is 10.6 Å². The molecule has 3 rings (SSSR count). The number of carbonyl (C=O) groups excluding carboxylic acids is 1. The van der Waals surface area contributed by atoms with Crippen molar-refractivity contribution in [2.24, 2.45) is 17.3 Å². The molecule has 1 heterocycles. The molecule has 1 amide bonds. The summed E-state index contributed by atoms with van der Waals surface area (Å²) in [5.74, 6) is 1.40. The van der Waals surface area contributed by atoms with Gasteiger partial charge in [-0.1, -0.05) is 0 Å². The Morgan fingerprint density at radius 1 is 1.53 bits per heavy atom. The SMILES string of the molecule is CC(NC(=O)C1CC12CCNC2)C1CC1. The zero-order valence-corrected chi connectivity index (χ0v) is 9.38. The molecule has 3 nitrogen and oxygen atoms in total. The summed E-state index contributed by atoms with van der Waals surface area (Å²) in [4.78, 5) is 12.0. The van der Waals surface area contributed by atoms with Crippen molar-refractivity contribution >= 4 is 5.91 Å². The largest absolute Gasteiger partial charge is 0.353 e. The summed E-state index contributed by atoms with van der Waals surface area (Å²) in [7, 11) is 0. The molecule has 0 aromatic rings. The average molecular weight is 208 g/mol. The summed E-state index contributed by atoms with van der Waals surface area (Å²) in [5.41, 5.74) is 0.355. The van der Waals surface area contributed by atoms with Crippen molar-refractivity contribution in [3.8, 4) is 0 Å². The van der Waals surface area contributed by atoms with Gasteiger partial charge in [0.1, 0.15) is 0 Å². The minimum atomic E-state index is 0.314. The maximum atomic E-state index is 12.0. The highest BCUT2D eigenvalue weighted by atomic mass is 16.2. The van der Waals surface area contributed by atoms with Crippen LogP contribution in [-0.4, -0.2) is 25.0 Å². The van der Waals surface area contributed by atoms with E-state index in [0.29, 0.717) is 23.3 Å². The molecule has 3 unspecified atom stereocenters. The summed E-state index contributed by atoms with van der Waals surface area (Å²) in [6, 6.07) is 0.407. The van der Waals surface area contributed by atoms with E-state index in [0.717, 1.165) is 25.4 Å². The Hall–Kier alpha value is -0.570. The highest BCUT2D eigenvalue weighted by molar-refractivity contribution is 5.83. The molecule has 0 radical (unpaired) electrons. The van der Waals surface area contributed by atoms with Crippen LogP contribution in [0.1, 0.15) is 32.6 Å². The highest BCUT2D eigenvalue weighted by Crippen LogP contribution is 2.56. The van der Waals surface area contributed by atoms with Crippen molar-refractivity contribution in [2.45, 2.75) is 38.6 Å². The van der Waals surface area contributed by atoms with Crippen LogP contribution in [0.3, 0.4) is 0 Å². The monoisotopic (exact) mass is 208 g/mol. The normalized spacial score (nSPS) is 40.5. The van der Waals surface area contributed by atoms with Crippen molar-refractivity contribution in [3.63, 3.8) is 0 Å². The second kappa shape index (κ2) is 3.21. The minimum absolute atomic E-state index is 0.314. The summed E-state index contributed by atoms with van der Waals surface area (Å²) in [5, 5.41) is 6.56. The van der Waals surface area contributed by atoms with Crippen LogP contribution in [0.2, 0.25) is 0 Å². The third kappa shape index (κ3) is 1.67. The fraction of sp³-hybridized carbons (Fsp3) is 0.917. The van der Waals surface area contributed by atoms with Gasteiger partial charge in [-0.2, -0.15) is 0 Å². The molecule has 84 valence electrons. The molecular formula is C12H20N2O. The first-order chi connectivity index (χ1) is 7.21. The van der Waals surface area contributed by atoms with Crippen LogP contribution < -0.4 is 10.6 Å². The molecule has 3 aliphatic rings. The first kappa shape index (κ1) is 9.64. The van der Waals surface area contributed by atoms with Gasteiger partial charge >= 0.3 is 0 Å². The minimum Gasteiger partial charge on any atom is -0.353 e. The summed E-state index contributed by atoms with van der Waals surface area (Å²) >= 11 is 0. The lowest BCUT2D eigenvalue weighted by atomic mass is 10.0. The number of carbonyl (C=O) groups is 1. The third-order valence-electron chi connectivity index (χ3n) is 4.48. The topological polar surface area (TPSA) is 41.1 Å². The second-order valence-corrected chi connectivity index (χ2v) is 5.68. The van der Waals surface area contributed by atoms with Gasteiger partial charge in [0.25, 0.3) is 0 Å². The van der Waals surface area contributed by atoms with Gasteiger partial charge in [-0.3, -0.25) is 4.79 Å². The molecule has 1 aliphatic heterocycles. The highest BCUT2D eigenvalue weighted by Gasteiger charge is 2.59. The van der Waals surface area contributed by atoms with Crippen LogP contribution in [-0.2, 0) is 4.79 Å². The van der Waals surface area contributed by atoms with E-state index in [4.69, 9.17) is 0 Å². The van der Waals surface area contributed by atoms with Gasteiger partial charge in [0.2, 0.25) is 5.91 Å². The molecule has 1 spiro atoms. The van der Waals surface area contributed by atoms with E-state index in [1.165, 1.54) is 19.3 Å². The van der Waals surface area contributed by atoms with Gasteiger partial charge in [-0.25, -0.2) is 0 Å². The van der Waals surface area contributed by atoms with Crippen molar-refractivity contribution in [1.29, 1.82) is 0 Å². The van der Waals surface area contributed by atoms with Crippen LogP contribution in [0, 0.1) is 17.3 Å². The molecule has 3 fully saturated rings. The molecule has 2 saturated carbocycles. The van der Waals surface area contributed by atoms with Gasteiger partial charge in [0.05, 0.1) is 0 Å². The Morgan fingerprint density at radius 3 is 2.93 bits per heavy atom. The molecule has 0 aromatic carbocycles. The van der Waals surface area contributed by atoms with Gasteiger partial charge in [-0.15, -0.1) is 0 Å². The van der Waals surface area contributed by atoms with Gasteiger partial charge in [0.15, 0.2) is 0 Å². The smallest absolute Gasteiger partial charge is 0.223 e. The molecular weight excluding hydrogens is 188 g/mol. The molecule has 0 bridgehead atoms. The summed E-state index contributed by atoms with van der Waals surface area (Å²) in [6.45, 7) is 4.31. The third-order valence-corrected chi connectivity index (χ3v) is 4.48. The van der Waals surface area contributed by atoms with Crippen molar-refractivity contribution < 1.29 is 4.79 Å². The van der Waals surface area contributed by atoms with E-state index in [1.54, 1.807) is 0 Å². The number of rotatable bonds is 3. The van der Waals surface area contributed by atoms with E-state index in [9.17, 15) is 4.79 Å². The van der Waals surface area contributed by atoms with E-state index in [-0.39, 0.29) is 0 Å². The number of amides is 1. The summed E-state index contributed by atoms with van der Waals surface area (Å²) in [6.07, 6.45) is 4.92. The van der Waals surface area contributed by atoms with Crippen LogP contribution in [0.4, 0.5) is 0 Å². The van der Waals surface area contributed by atoms with E-state index in [2.05, 4.69) is 17.6 Å². The maximum absolute atomic E-state index is 12.0. The van der Waals surface area contributed by atoms with E-state index < -0.39 is 0 Å². The number of hydrogen-bond donors (Lipinski definition) is 2. The predicted molar refractivity (Wildman–Crippen MR) is 58.4 cm³/mol. The lowest BCUT2D eigenvalue weighted by Crippen LogP contribution is -2.36. The fourth-order valence-corrected chi connectivity index (χ4v) is 2.99. The van der Waals surface area contributed by atoms with Gasteiger partial charge in [-0.05, 0) is 50.5 Å². The maximum Gasteiger partial charge on any atom is 0.223 e. The Kier molecular flexibility index (Phi) is 2.06. The Bertz CT molecular complexity index is 279. The lowest BCUT2D eigenvalue weighted by Gasteiger charge is -2.14. The van der Waals surface area contributed by atoms with Crippen LogP contribution in [0.25, 0.3) is 0 Å². The molecule has 3 atom stereocenters. The zero-order valence-electron chi connectivity index (χ0n) is 9.38. The Balaban J connectivity index is 1.53. The molecule has 2 N–H and O–H groups in total. The second-order valence-electron chi connectivity index (χ2n) is 5.68. The Labute approximate surface area is 91.0 Å². The average Bonchev–Trinajstić information content (AvgIpc) is 3.04. The van der Waals surface area contributed by atoms with Crippen molar-refractivity contribution in [3.05, 3.63) is 0 Å². The zero-order chi connectivity index (χ0) is 10.5. The van der Waals surface area contributed by atoms with Gasteiger partial charge in [0, 0.05) is 18.5 Å². The first-order valence-corrected chi connectivity index (χ1v) is 6.22. The number of hydrogen-bond acceptors (Lipinski definition) is 2.